The summed E-state index contributed by atoms with van der Waals surface area (Å²) < 4.78 is 27.3. The van der Waals surface area contributed by atoms with Crippen molar-refractivity contribution in [1.82, 2.24) is 4.98 Å². The lowest BCUT2D eigenvalue weighted by atomic mass is 10.2. The molecule has 0 saturated carbocycles. The van der Waals surface area contributed by atoms with Crippen molar-refractivity contribution in [1.29, 1.82) is 0 Å². The minimum absolute atomic E-state index is 0.0485. The summed E-state index contributed by atoms with van der Waals surface area (Å²) in [6.45, 7) is 1.36. The van der Waals surface area contributed by atoms with Gasteiger partial charge >= 0.3 is 0 Å². The number of sulfonamides is 1. The van der Waals surface area contributed by atoms with Gasteiger partial charge in [-0.25, -0.2) is 13.4 Å². The van der Waals surface area contributed by atoms with Gasteiger partial charge in [-0.05, 0) is 48.5 Å². The van der Waals surface area contributed by atoms with Gasteiger partial charge in [0, 0.05) is 18.8 Å². The zero-order chi connectivity index (χ0) is 22.3. The molecule has 0 aliphatic carbocycles. The minimum Gasteiger partial charge on any atom is -0.345 e. The van der Waals surface area contributed by atoms with Gasteiger partial charge in [-0.3, -0.25) is 14.9 Å². The summed E-state index contributed by atoms with van der Waals surface area (Å²) in [5.74, 6) is -0.0977. The topological polar surface area (TPSA) is 113 Å². The van der Waals surface area contributed by atoms with Gasteiger partial charge in [0.1, 0.15) is 10.8 Å². The first-order valence-electron chi connectivity index (χ1n) is 9.10. The first kappa shape index (κ1) is 22.1. The van der Waals surface area contributed by atoms with Crippen molar-refractivity contribution >= 4 is 55.9 Å². The van der Waals surface area contributed by atoms with Crippen LogP contribution < -0.4 is 15.5 Å². The molecule has 2 aromatic carbocycles. The van der Waals surface area contributed by atoms with Gasteiger partial charge in [0.2, 0.25) is 0 Å². The minimum atomic E-state index is -3.78. The Hall–Kier alpha value is -3.63. The van der Waals surface area contributed by atoms with E-state index in [2.05, 4.69) is 25.6 Å². The molecule has 0 radical (unpaired) electrons. The highest BCUT2D eigenvalue weighted by molar-refractivity contribution is 7.92. The summed E-state index contributed by atoms with van der Waals surface area (Å²) in [5.41, 5.74) is 4.00. The zero-order valence-electron chi connectivity index (χ0n) is 16.4. The first-order valence-corrected chi connectivity index (χ1v) is 11.0. The number of para-hydroxylation sites is 1. The van der Waals surface area contributed by atoms with Crippen LogP contribution in [0.25, 0.3) is 0 Å². The molecule has 0 atom stereocenters. The number of aromatic nitrogens is 1. The molecule has 3 rings (SSSR count). The predicted molar refractivity (Wildman–Crippen MR) is 126 cm³/mol. The Bertz CT molecular complexity index is 1200. The molecule has 0 saturated heterocycles. The highest BCUT2D eigenvalue weighted by Gasteiger charge is 2.15. The number of hydrogen-bond donors (Lipinski definition) is 3. The van der Waals surface area contributed by atoms with Crippen molar-refractivity contribution in [2.45, 2.75) is 11.8 Å². The van der Waals surface area contributed by atoms with Crippen LogP contribution in [0.3, 0.4) is 0 Å². The average Bonchev–Trinajstić information content (AvgIpc) is 2.75. The van der Waals surface area contributed by atoms with Gasteiger partial charge in [0.15, 0.2) is 11.5 Å². The van der Waals surface area contributed by atoms with E-state index in [1.165, 1.54) is 37.4 Å². The molecule has 158 valence electrons. The Morgan fingerprint density at radius 1 is 0.935 bits per heavy atom. The van der Waals surface area contributed by atoms with Crippen LogP contribution in [0.15, 0.2) is 89.0 Å². The van der Waals surface area contributed by atoms with Gasteiger partial charge in [-0.1, -0.05) is 36.5 Å². The van der Waals surface area contributed by atoms with Crippen molar-refractivity contribution in [3.63, 3.8) is 0 Å². The molecule has 0 fully saturated rings. The van der Waals surface area contributed by atoms with E-state index in [1.54, 1.807) is 18.2 Å². The van der Waals surface area contributed by atoms with Crippen molar-refractivity contribution in [2.75, 3.05) is 15.5 Å². The van der Waals surface area contributed by atoms with Crippen LogP contribution in [0.2, 0.25) is 0 Å². The van der Waals surface area contributed by atoms with Crippen LogP contribution in [0.5, 0.6) is 0 Å². The maximum atomic E-state index is 12.5. The van der Waals surface area contributed by atoms with Crippen LogP contribution in [0.4, 0.5) is 17.2 Å². The number of anilines is 3. The maximum absolute atomic E-state index is 12.5. The van der Waals surface area contributed by atoms with Gasteiger partial charge in [0.05, 0.1) is 10.6 Å². The van der Waals surface area contributed by atoms with Gasteiger partial charge in [0.25, 0.3) is 10.0 Å². The van der Waals surface area contributed by atoms with Gasteiger partial charge in [-0.15, -0.1) is 0 Å². The van der Waals surface area contributed by atoms with E-state index in [4.69, 9.17) is 12.2 Å². The number of benzene rings is 2. The summed E-state index contributed by atoms with van der Waals surface area (Å²) in [7, 11) is -3.78. The predicted octanol–water partition coefficient (Wildman–Crippen LogP) is 3.68. The van der Waals surface area contributed by atoms with E-state index < -0.39 is 10.0 Å². The molecule has 1 heterocycles. The molecule has 0 aliphatic heterocycles. The number of hydrazone groups is 1. The van der Waals surface area contributed by atoms with E-state index in [0.29, 0.717) is 5.69 Å². The molecule has 8 nitrogen and oxygen atoms in total. The molecule has 10 heteroatoms. The third-order valence-corrected chi connectivity index (χ3v) is 5.61. The smallest absolute Gasteiger partial charge is 0.263 e. The number of nitrogens with one attached hydrogen (secondary N) is 3. The van der Waals surface area contributed by atoms with E-state index in [9.17, 15) is 13.2 Å². The number of carbonyl (C=O) groups excluding carboxylic acids is 1. The Labute approximate surface area is 185 Å². The summed E-state index contributed by atoms with van der Waals surface area (Å²) >= 11 is 5.28. The van der Waals surface area contributed by atoms with Crippen molar-refractivity contribution in [3.05, 3.63) is 79.0 Å². The van der Waals surface area contributed by atoms with Crippen LogP contribution >= 0.6 is 12.2 Å². The lowest BCUT2D eigenvalue weighted by molar-refractivity contribution is -0.110. The second-order valence-corrected chi connectivity index (χ2v) is 8.38. The Kier molecular flexibility index (Phi) is 7.06. The fraction of sp³-hybridized carbons (Fsp3) is 0.0476. The Morgan fingerprint density at radius 3 is 2.23 bits per heavy atom. The number of Topliss-reactive ketones (excluding diaryl/α,β-unsaturated/α-hetero) is 1. The van der Waals surface area contributed by atoms with E-state index in [0.717, 1.165) is 5.69 Å². The quantitative estimate of drug-likeness (QED) is 0.271. The molecule has 0 aliphatic rings. The van der Waals surface area contributed by atoms with Gasteiger partial charge in [-0.2, -0.15) is 5.10 Å². The molecular weight excluding hydrogens is 434 g/mol. The number of ketones is 1. The molecular formula is C21H19N5O3S2. The number of rotatable bonds is 8. The Balaban J connectivity index is 1.70. The number of hydrogen-bond acceptors (Lipinski definition) is 7. The fourth-order valence-electron chi connectivity index (χ4n) is 2.45. The van der Waals surface area contributed by atoms with Crippen LogP contribution in [-0.2, 0) is 14.8 Å². The largest absolute Gasteiger partial charge is 0.345 e. The first-order chi connectivity index (χ1) is 14.8. The summed E-state index contributed by atoms with van der Waals surface area (Å²) in [6, 6.07) is 20.0. The molecule has 0 bridgehead atoms. The number of thiocarbonyl (C=S) groups is 1. The monoisotopic (exact) mass is 453 g/mol. The average molecular weight is 454 g/mol. The maximum Gasteiger partial charge on any atom is 0.263 e. The summed E-state index contributed by atoms with van der Waals surface area (Å²) in [6.07, 6.45) is 1.49. The summed E-state index contributed by atoms with van der Waals surface area (Å²) in [4.78, 5) is 16.1. The second kappa shape index (κ2) is 9.92. The van der Waals surface area contributed by atoms with Gasteiger partial charge < -0.3 is 5.32 Å². The van der Waals surface area contributed by atoms with E-state index >= 15 is 0 Å². The zero-order valence-corrected chi connectivity index (χ0v) is 18.1. The van der Waals surface area contributed by atoms with Crippen LogP contribution in [0, 0.1) is 0 Å². The number of nitrogens with zero attached hydrogens (tertiary/aromatic N) is 2. The summed E-state index contributed by atoms with van der Waals surface area (Å²) in [5, 5.41) is 7.05. The third kappa shape index (κ3) is 6.17. The van der Waals surface area contributed by atoms with Crippen molar-refractivity contribution in [3.8, 4) is 0 Å². The SMILES string of the molecule is CC(=O)/C(=N\Nc1ccc(S(=O)(=O)Nc2ccccn2)cc1)C(=S)Nc1ccccc1. The van der Waals surface area contributed by atoms with E-state index in [-0.39, 0.29) is 27.2 Å². The normalized spacial score (nSPS) is 11.5. The second-order valence-electron chi connectivity index (χ2n) is 6.29. The lowest BCUT2D eigenvalue weighted by Crippen LogP contribution is -2.27. The fourth-order valence-corrected chi connectivity index (χ4v) is 3.77. The molecule has 0 unspecified atom stereocenters. The molecule has 0 amide bonds. The molecule has 3 N–H and O–H groups in total. The number of carbonyl (C=O) groups is 1. The molecule has 3 aromatic rings. The highest BCUT2D eigenvalue weighted by atomic mass is 32.2. The number of pyridine rings is 1. The van der Waals surface area contributed by atoms with Crippen molar-refractivity contribution in [2.24, 2.45) is 5.10 Å². The Morgan fingerprint density at radius 2 is 1.61 bits per heavy atom. The molecule has 0 spiro atoms. The molecule has 31 heavy (non-hydrogen) atoms. The van der Waals surface area contributed by atoms with Crippen LogP contribution in [-0.4, -0.2) is 29.9 Å². The van der Waals surface area contributed by atoms with Crippen LogP contribution in [0.1, 0.15) is 6.92 Å². The third-order valence-electron chi connectivity index (χ3n) is 3.95. The lowest BCUT2D eigenvalue weighted by Gasteiger charge is -2.10. The van der Waals surface area contributed by atoms with Crippen molar-refractivity contribution < 1.29 is 13.2 Å². The molecule has 1 aromatic heterocycles. The highest BCUT2D eigenvalue weighted by Crippen LogP contribution is 2.17. The standard InChI is InChI=1S/C21H19N5O3S2/c1-15(27)20(21(30)23-16-7-3-2-4-8-16)25-24-17-10-12-18(13-11-17)31(28,29)26-19-9-5-6-14-22-19/h2-14,24H,1H3,(H,22,26)(H,23,30)/b25-20+. The van der Waals surface area contributed by atoms with E-state index in [1.807, 2.05) is 30.3 Å².